The number of aliphatic imine (C=N–C) groups is 2. The van der Waals surface area contributed by atoms with Gasteiger partial charge in [-0.1, -0.05) is 25.0 Å². The maximum atomic E-state index is 11.5. The minimum atomic E-state index is 0.0236. The Bertz CT molecular complexity index is 1090. The number of hydrogen-bond donors (Lipinski definition) is 1. The van der Waals surface area contributed by atoms with Crippen molar-refractivity contribution in [3.05, 3.63) is 64.2 Å². The predicted molar refractivity (Wildman–Crippen MR) is 109 cm³/mol. The van der Waals surface area contributed by atoms with Crippen molar-refractivity contribution in [2.24, 2.45) is 15.9 Å². The molecule has 1 aliphatic carbocycles. The van der Waals surface area contributed by atoms with Gasteiger partial charge in [0, 0.05) is 11.3 Å². The first-order chi connectivity index (χ1) is 13.7. The second kappa shape index (κ2) is 6.72. The van der Waals surface area contributed by atoms with Crippen LogP contribution in [-0.4, -0.2) is 24.0 Å². The molecular weight excluding hydrogens is 348 g/mol. The molecule has 0 unspecified atom stereocenters. The van der Waals surface area contributed by atoms with E-state index in [2.05, 4.69) is 28.5 Å². The van der Waals surface area contributed by atoms with Crippen molar-refractivity contribution in [2.45, 2.75) is 32.1 Å². The van der Waals surface area contributed by atoms with Crippen molar-refractivity contribution in [3.8, 4) is 6.07 Å². The Hall–Kier alpha value is -3.26. The van der Waals surface area contributed by atoms with E-state index in [0.717, 1.165) is 51.6 Å². The van der Waals surface area contributed by atoms with Crippen molar-refractivity contribution < 1.29 is 4.79 Å². The van der Waals surface area contributed by atoms with E-state index in [1.807, 2.05) is 24.3 Å². The topological polar surface area (TPSA) is 77.6 Å². The second-order valence-electron chi connectivity index (χ2n) is 7.76. The average molecular weight is 368 g/mol. The fourth-order valence-electron chi connectivity index (χ4n) is 3.87. The van der Waals surface area contributed by atoms with Crippen LogP contribution in [0.2, 0.25) is 0 Å². The van der Waals surface area contributed by atoms with Crippen molar-refractivity contribution in [1.29, 1.82) is 5.26 Å². The van der Waals surface area contributed by atoms with E-state index in [1.54, 1.807) is 0 Å². The SMILES string of the molecule is N#Cc1cc(C2=NC(c3ccc4c(c3)CC(=O)N4)=NC2)ccc1CCC1CC1. The molecule has 0 aromatic heterocycles. The highest BCUT2D eigenvalue weighted by Gasteiger charge is 2.22. The molecular formula is C23H20N4O. The third-order valence-corrected chi connectivity index (χ3v) is 5.69. The van der Waals surface area contributed by atoms with E-state index in [1.165, 1.54) is 19.3 Å². The molecule has 138 valence electrons. The third kappa shape index (κ3) is 3.22. The number of carbonyl (C=O) groups is 1. The standard InChI is InChI=1S/C23H20N4O/c24-12-19-9-16(6-5-15(19)4-3-14-1-2-14)21-13-25-23(27-21)17-7-8-20-18(10-17)11-22(28)26-20/h5-10,14H,1-4,11,13H2,(H,26,28). The number of nitrogens with zero attached hydrogens (tertiary/aromatic N) is 3. The average Bonchev–Trinajstić information content (AvgIpc) is 3.26. The number of carbonyl (C=O) groups excluding carboxylic acids is 1. The summed E-state index contributed by atoms with van der Waals surface area (Å²) >= 11 is 0. The highest BCUT2D eigenvalue weighted by atomic mass is 16.1. The first-order valence-corrected chi connectivity index (χ1v) is 9.78. The zero-order valence-electron chi connectivity index (χ0n) is 15.5. The predicted octanol–water partition coefficient (Wildman–Crippen LogP) is 3.64. The van der Waals surface area contributed by atoms with E-state index in [4.69, 9.17) is 4.99 Å². The molecule has 5 heteroatoms. The van der Waals surface area contributed by atoms with E-state index in [0.29, 0.717) is 18.8 Å². The number of fused-ring (bicyclic) bond motifs is 1. The van der Waals surface area contributed by atoms with Crippen LogP contribution in [0.5, 0.6) is 0 Å². The van der Waals surface area contributed by atoms with Gasteiger partial charge in [0.05, 0.1) is 30.3 Å². The molecule has 2 aromatic rings. The van der Waals surface area contributed by atoms with Crippen molar-refractivity contribution >= 4 is 23.1 Å². The van der Waals surface area contributed by atoms with Gasteiger partial charge in [0.15, 0.2) is 5.84 Å². The Balaban J connectivity index is 1.37. The van der Waals surface area contributed by atoms with Crippen molar-refractivity contribution in [2.75, 3.05) is 11.9 Å². The summed E-state index contributed by atoms with van der Waals surface area (Å²) in [6.07, 6.45) is 5.23. The molecule has 1 fully saturated rings. The van der Waals surface area contributed by atoms with Crippen molar-refractivity contribution in [3.63, 3.8) is 0 Å². The first kappa shape index (κ1) is 16.9. The summed E-state index contributed by atoms with van der Waals surface area (Å²) < 4.78 is 0. The van der Waals surface area contributed by atoms with Gasteiger partial charge < -0.3 is 5.32 Å². The lowest BCUT2D eigenvalue weighted by Crippen LogP contribution is -2.04. The number of aryl methyl sites for hydroxylation is 1. The maximum Gasteiger partial charge on any atom is 0.228 e. The molecule has 5 rings (SSSR count). The molecule has 2 heterocycles. The quantitative estimate of drug-likeness (QED) is 0.874. The molecule has 2 aliphatic heterocycles. The summed E-state index contributed by atoms with van der Waals surface area (Å²) in [5, 5.41) is 12.4. The van der Waals surface area contributed by atoms with E-state index < -0.39 is 0 Å². The monoisotopic (exact) mass is 368 g/mol. The summed E-state index contributed by atoms with van der Waals surface area (Å²) in [7, 11) is 0. The van der Waals surface area contributed by atoms with E-state index >= 15 is 0 Å². The number of amides is 1. The molecule has 3 aliphatic rings. The summed E-state index contributed by atoms with van der Waals surface area (Å²) in [5.74, 6) is 1.57. The highest BCUT2D eigenvalue weighted by molar-refractivity contribution is 6.17. The lowest BCUT2D eigenvalue weighted by atomic mass is 9.98. The Kier molecular flexibility index (Phi) is 4.05. The summed E-state index contributed by atoms with van der Waals surface area (Å²) in [6.45, 7) is 0.510. The van der Waals surface area contributed by atoms with Crippen LogP contribution in [0.25, 0.3) is 0 Å². The second-order valence-corrected chi connectivity index (χ2v) is 7.76. The first-order valence-electron chi connectivity index (χ1n) is 9.78. The molecule has 5 nitrogen and oxygen atoms in total. The molecule has 1 N–H and O–H groups in total. The van der Waals surface area contributed by atoms with Gasteiger partial charge in [-0.25, -0.2) is 4.99 Å². The summed E-state index contributed by atoms with van der Waals surface area (Å²) in [5.41, 5.74) is 6.51. The number of nitriles is 1. The Morgan fingerprint density at radius 1 is 1.14 bits per heavy atom. The lowest BCUT2D eigenvalue weighted by molar-refractivity contribution is -0.115. The van der Waals surface area contributed by atoms with Crippen LogP contribution in [0.15, 0.2) is 46.4 Å². The van der Waals surface area contributed by atoms with Crippen LogP contribution in [0.1, 0.15) is 47.1 Å². The minimum absolute atomic E-state index is 0.0236. The summed E-state index contributed by atoms with van der Waals surface area (Å²) in [4.78, 5) is 20.8. The number of rotatable bonds is 5. The lowest BCUT2D eigenvalue weighted by Gasteiger charge is -2.06. The van der Waals surface area contributed by atoms with E-state index in [9.17, 15) is 10.1 Å². The molecule has 0 atom stereocenters. The maximum absolute atomic E-state index is 11.5. The Morgan fingerprint density at radius 3 is 2.82 bits per heavy atom. The minimum Gasteiger partial charge on any atom is -0.326 e. The summed E-state index contributed by atoms with van der Waals surface area (Å²) in [6, 6.07) is 14.3. The van der Waals surface area contributed by atoms with Crippen LogP contribution < -0.4 is 5.32 Å². The Morgan fingerprint density at radius 2 is 2.00 bits per heavy atom. The molecule has 1 saturated carbocycles. The van der Waals surface area contributed by atoms with Gasteiger partial charge in [-0.3, -0.25) is 9.79 Å². The van der Waals surface area contributed by atoms with Gasteiger partial charge in [0.2, 0.25) is 5.91 Å². The highest BCUT2D eigenvalue weighted by Crippen LogP contribution is 2.34. The van der Waals surface area contributed by atoms with Gasteiger partial charge in [0.25, 0.3) is 0 Å². The number of benzene rings is 2. The molecule has 1 amide bonds. The zero-order chi connectivity index (χ0) is 19.1. The van der Waals surface area contributed by atoms with Gasteiger partial charge in [-0.05, 0) is 59.7 Å². The van der Waals surface area contributed by atoms with Gasteiger partial charge in [-0.2, -0.15) is 5.26 Å². The third-order valence-electron chi connectivity index (χ3n) is 5.69. The van der Waals surface area contributed by atoms with Crippen molar-refractivity contribution in [1.82, 2.24) is 0 Å². The van der Waals surface area contributed by atoms with Crippen LogP contribution in [0.3, 0.4) is 0 Å². The largest absolute Gasteiger partial charge is 0.326 e. The zero-order valence-corrected chi connectivity index (χ0v) is 15.5. The number of hydrogen-bond acceptors (Lipinski definition) is 4. The van der Waals surface area contributed by atoms with Crippen LogP contribution in [0.4, 0.5) is 5.69 Å². The van der Waals surface area contributed by atoms with Gasteiger partial charge in [0.1, 0.15) is 0 Å². The van der Waals surface area contributed by atoms with Crippen LogP contribution in [-0.2, 0) is 17.6 Å². The molecule has 0 saturated heterocycles. The molecule has 2 aromatic carbocycles. The number of nitrogens with one attached hydrogen (secondary N) is 1. The van der Waals surface area contributed by atoms with E-state index in [-0.39, 0.29) is 5.91 Å². The molecule has 0 spiro atoms. The smallest absolute Gasteiger partial charge is 0.228 e. The fraction of sp³-hybridized carbons (Fsp3) is 0.304. The van der Waals surface area contributed by atoms with Gasteiger partial charge in [-0.15, -0.1) is 0 Å². The normalized spacial score (nSPS) is 17.6. The van der Waals surface area contributed by atoms with Crippen LogP contribution in [0, 0.1) is 17.2 Å². The van der Waals surface area contributed by atoms with Gasteiger partial charge >= 0.3 is 0 Å². The Labute approximate surface area is 163 Å². The fourth-order valence-corrected chi connectivity index (χ4v) is 3.87. The molecule has 0 radical (unpaired) electrons. The molecule has 0 bridgehead atoms. The number of amidine groups is 1. The number of anilines is 1. The molecule has 28 heavy (non-hydrogen) atoms. The van der Waals surface area contributed by atoms with Crippen LogP contribution >= 0.6 is 0 Å².